The lowest BCUT2D eigenvalue weighted by atomic mass is 9.75. The van der Waals surface area contributed by atoms with Crippen LogP contribution >= 0.6 is 15.9 Å². The SMILES string of the molecule is Br[C@@H]1CCC[C@@H]2C[NH2+]CC[C@@H]21. The predicted octanol–water partition coefficient (Wildman–Crippen LogP) is 1.13. The topological polar surface area (TPSA) is 16.6 Å². The highest BCUT2D eigenvalue weighted by Crippen LogP contribution is 2.36. The number of piperidine rings is 1. The minimum absolute atomic E-state index is 0.843. The van der Waals surface area contributed by atoms with E-state index in [1.807, 2.05) is 0 Å². The standard InChI is InChI=1S/C9H16BrN/c10-9-3-1-2-7-6-11-5-4-8(7)9/h7-9,11H,1-6H2/p+1/t7-,8+,9-/m1/s1. The van der Waals surface area contributed by atoms with Crippen molar-refractivity contribution in [2.75, 3.05) is 13.1 Å². The summed E-state index contributed by atoms with van der Waals surface area (Å²) in [6.45, 7) is 2.76. The maximum atomic E-state index is 3.82. The Morgan fingerprint density at radius 2 is 2.09 bits per heavy atom. The highest BCUT2D eigenvalue weighted by atomic mass is 79.9. The second-order valence-corrected chi connectivity index (χ2v) is 5.15. The van der Waals surface area contributed by atoms with E-state index < -0.39 is 0 Å². The highest BCUT2D eigenvalue weighted by molar-refractivity contribution is 9.09. The maximum Gasteiger partial charge on any atom is 0.0787 e. The van der Waals surface area contributed by atoms with Crippen molar-refractivity contribution in [3.8, 4) is 0 Å². The summed E-state index contributed by atoms with van der Waals surface area (Å²) in [7, 11) is 0. The molecule has 2 rings (SSSR count). The van der Waals surface area contributed by atoms with Crippen molar-refractivity contribution < 1.29 is 5.32 Å². The first-order chi connectivity index (χ1) is 5.38. The molecule has 0 aromatic rings. The summed E-state index contributed by atoms with van der Waals surface area (Å²) in [4.78, 5) is 0.843. The molecule has 0 amide bonds. The molecule has 0 radical (unpaired) electrons. The molecule has 0 unspecified atom stereocenters. The van der Waals surface area contributed by atoms with Gasteiger partial charge in [-0.1, -0.05) is 22.4 Å². The number of fused-ring (bicyclic) bond motifs is 1. The molecule has 1 saturated heterocycles. The van der Waals surface area contributed by atoms with Gasteiger partial charge in [0.15, 0.2) is 0 Å². The molecule has 1 aliphatic heterocycles. The summed E-state index contributed by atoms with van der Waals surface area (Å²) in [6.07, 6.45) is 5.80. The molecule has 2 heteroatoms. The molecule has 1 nitrogen and oxygen atoms in total. The van der Waals surface area contributed by atoms with Crippen LogP contribution in [0, 0.1) is 11.8 Å². The van der Waals surface area contributed by atoms with Gasteiger partial charge >= 0.3 is 0 Å². The molecule has 1 saturated carbocycles. The second kappa shape index (κ2) is 3.44. The molecule has 0 bridgehead atoms. The van der Waals surface area contributed by atoms with Crippen molar-refractivity contribution in [1.82, 2.24) is 0 Å². The number of halogens is 1. The second-order valence-electron chi connectivity index (χ2n) is 3.97. The molecule has 1 aliphatic carbocycles. The number of quaternary nitrogens is 1. The zero-order chi connectivity index (χ0) is 7.68. The molecular weight excluding hydrogens is 202 g/mol. The lowest BCUT2D eigenvalue weighted by Gasteiger charge is -2.37. The van der Waals surface area contributed by atoms with Crippen LogP contribution in [-0.4, -0.2) is 17.9 Å². The average Bonchev–Trinajstić information content (AvgIpc) is 2.06. The quantitative estimate of drug-likeness (QED) is 0.588. The number of hydrogen-bond donors (Lipinski definition) is 1. The Morgan fingerprint density at radius 3 is 2.91 bits per heavy atom. The fraction of sp³-hybridized carbons (Fsp3) is 1.00. The summed E-state index contributed by atoms with van der Waals surface area (Å²) in [5.74, 6) is 2.04. The summed E-state index contributed by atoms with van der Waals surface area (Å²) < 4.78 is 0. The molecule has 2 fully saturated rings. The third-order valence-corrected chi connectivity index (χ3v) is 4.44. The van der Waals surface area contributed by atoms with E-state index in [1.165, 1.54) is 38.8 Å². The summed E-state index contributed by atoms with van der Waals surface area (Å²) in [5.41, 5.74) is 0. The fourth-order valence-electron chi connectivity index (χ4n) is 2.65. The van der Waals surface area contributed by atoms with Crippen LogP contribution in [0.5, 0.6) is 0 Å². The van der Waals surface area contributed by atoms with Gasteiger partial charge in [-0.3, -0.25) is 0 Å². The molecule has 64 valence electrons. The molecule has 0 aromatic heterocycles. The Morgan fingerprint density at radius 1 is 1.18 bits per heavy atom. The Labute approximate surface area is 77.1 Å². The van der Waals surface area contributed by atoms with Crippen LogP contribution in [0.15, 0.2) is 0 Å². The number of hydrogen-bond acceptors (Lipinski definition) is 0. The van der Waals surface area contributed by atoms with E-state index in [2.05, 4.69) is 21.2 Å². The van der Waals surface area contributed by atoms with E-state index >= 15 is 0 Å². The zero-order valence-electron chi connectivity index (χ0n) is 6.93. The van der Waals surface area contributed by atoms with Crippen molar-refractivity contribution in [3.63, 3.8) is 0 Å². The first-order valence-corrected chi connectivity index (χ1v) is 5.75. The molecule has 0 aromatic carbocycles. The van der Waals surface area contributed by atoms with Gasteiger partial charge < -0.3 is 5.32 Å². The highest BCUT2D eigenvalue weighted by Gasteiger charge is 2.35. The van der Waals surface area contributed by atoms with Gasteiger partial charge in [-0.05, 0) is 18.8 Å². The van der Waals surface area contributed by atoms with Gasteiger partial charge in [-0.25, -0.2) is 0 Å². The normalized spacial score (nSPS) is 45.0. The molecule has 11 heavy (non-hydrogen) atoms. The van der Waals surface area contributed by atoms with Gasteiger partial charge in [0.25, 0.3) is 0 Å². The third-order valence-electron chi connectivity index (χ3n) is 3.30. The number of rotatable bonds is 0. The van der Waals surface area contributed by atoms with Crippen molar-refractivity contribution in [1.29, 1.82) is 0 Å². The van der Waals surface area contributed by atoms with Crippen LogP contribution in [0.1, 0.15) is 25.7 Å². The van der Waals surface area contributed by atoms with Crippen LogP contribution in [0.4, 0.5) is 0 Å². The predicted molar refractivity (Wildman–Crippen MR) is 49.8 cm³/mol. The first-order valence-electron chi connectivity index (χ1n) is 4.83. The summed E-state index contributed by atoms with van der Waals surface area (Å²) >= 11 is 3.82. The van der Waals surface area contributed by atoms with E-state index in [9.17, 15) is 0 Å². The van der Waals surface area contributed by atoms with Gasteiger partial charge in [-0.2, -0.15) is 0 Å². The molecule has 2 aliphatic rings. The van der Waals surface area contributed by atoms with E-state index in [0.717, 1.165) is 16.7 Å². The molecular formula is C9H17BrN+. The van der Waals surface area contributed by atoms with Crippen LogP contribution in [0.3, 0.4) is 0 Å². The third kappa shape index (κ3) is 1.62. The van der Waals surface area contributed by atoms with Gasteiger partial charge in [0.2, 0.25) is 0 Å². The van der Waals surface area contributed by atoms with Gasteiger partial charge in [0, 0.05) is 17.2 Å². The van der Waals surface area contributed by atoms with E-state index in [4.69, 9.17) is 0 Å². The largest absolute Gasteiger partial charge is 0.346 e. The molecule has 2 N–H and O–H groups in total. The Bertz CT molecular complexity index is 136. The number of alkyl halides is 1. The van der Waals surface area contributed by atoms with Crippen molar-refractivity contribution in [3.05, 3.63) is 0 Å². The Balaban J connectivity index is 1.99. The van der Waals surface area contributed by atoms with Crippen molar-refractivity contribution in [2.24, 2.45) is 11.8 Å². The summed E-state index contributed by atoms with van der Waals surface area (Å²) in [5, 5.41) is 2.49. The van der Waals surface area contributed by atoms with Crippen LogP contribution < -0.4 is 5.32 Å². The van der Waals surface area contributed by atoms with Gasteiger partial charge in [0.1, 0.15) is 0 Å². The molecule has 0 spiro atoms. The van der Waals surface area contributed by atoms with Gasteiger partial charge in [0.05, 0.1) is 13.1 Å². The lowest BCUT2D eigenvalue weighted by Crippen LogP contribution is -2.88. The van der Waals surface area contributed by atoms with Crippen molar-refractivity contribution in [2.45, 2.75) is 30.5 Å². The smallest absolute Gasteiger partial charge is 0.0787 e. The van der Waals surface area contributed by atoms with E-state index in [0.29, 0.717) is 0 Å². The van der Waals surface area contributed by atoms with Crippen LogP contribution in [0.25, 0.3) is 0 Å². The maximum absolute atomic E-state index is 3.82. The average molecular weight is 219 g/mol. The molecule has 3 atom stereocenters. The molecule has 1 heterocycles. The minimum Gasteiger partial charge on any atom is -0.346 e. The van der Waals surface area contributed by atoms with E-state index in [-0.39, 0.29) is 0 Å². The first kappa shape index (κ1) is 8.06. The van der Waals surface area contributed by atoms with Crippen molar-refractivity contribution >= 4 is 15.9 Å². The Kier molecular flexibility index (Phi) is 2.52. The Hall–Kier alpha value is 0.440. The fourth-order valence-corrected chi connectivity index (χ4v) is 3.67. The van der Waals surface area contributed by atoms with Crippen LogP contribution in [0.2, 0.25) is 0 Å². The number of nitrogens with two attached hydrogens (primary N) is 1. The van der Waals surface area contributed by atoms with Crippen LogP contribution in [-0.2, 0) is 0 Å². The van der Waals surface area contributed by atoms with E-state index in [1.54, 1.807) is 0 Å². The zero-order valence-corrected chi connectivity index (χ0v) is 8.52. The van der Waals surface area contributed by atoms with Gasteiger partial charge in [-0.15, -0.1) is 0 Å². The monoisotopic (exact) mass is 218 g/mol. The minimum atomic E-state index is 0.843. The lowest BCUT2D eigenvalue weighted by molar-refractivity contribution is -0.672. The summed E-state index contributed by atoms with van der Waals surface area (Å²) in [6, 6.07) is 0.